The summed E-state index contributed by atoms with van der Waals surface area (Å²) in [5, 5.41) is 0. The smallest absolute Gasteiger partial charge is 0.338 e. The molecule has 0 unspecified atom stereocenters. The summed E-state index contributed by atoms with van der Waals surface area (Å²) in [6, 6.07) is 16.4. The Morgan fingerprint density at radius 1 is 0.963 bits per heavy atom. The number of methoxy groups -OCH3 is 1. The van der Waals surface area contributed by atoms with Crippen molar-refractivity contribution in [3.05, 3.63) is 60.2 Å². The van der Waals surface area contributed by atoms with Crippen molar-refractivity contribution in [3.63, 3.8) is 0 Å². The molecule has 0 bridgehead atoms. The number of esters is 1. The number of hydrogen-bond acceptors (Lipinski definition) is 4. The Hall–Kier alpha value is -2.82. The summed E-state index contributed by atoms with van der Waals surface area (Å²) >= 11 is 0. The quantitative estimate of drug-likeness (QED) is 0.718. The van der Waals surface area contributed by atoms with E-state index < -0.39 is 5.97 Å². The maximum absolute atomic E-state index is 12.9. The standard InChI is InChI=1S/C22H25NO4/c1-26-20-14-12-17(13-15-20)22(25)27-16-21(24)23(18-8-4-2-5-9-18)19-10-6-3-7-11-19/h2,4-5,8-9,12-15,19H,3,6-7,10-11,16H2,1H3. The first kappa shape index (κ1) is 19.0. The Balaban J connectivity index is 1.67. The van der Waals surface area contributed by atoms with E-state index in [-0.39, 0.29) is 18.6 Å². The summed E-state index contributed by atoms with van der Waals surface area (Å²) in [5.41, 5.74) is 1.25. The largest absolute Gasteiger partial charge is 0.497 e. The van der Waals surface area contributed by atoms with Crippen LogP contribution in [0.2, 0.25) is 0 Å². The summed E-state index contributed by atoms with van der Waals surface area (Å²) in [5.74, 6) is -0.0344. The Morgan fingerprint density at radius 3 is 2.26 bits per heavy atom. The predicted octanol–water partition coefficient (Wildman–Crippen LogP) is 4.22. The number of para-hydroxylation sites is 1. The zero-order chi connectivity index (χ0) is 19.1. The topological polar surface area (TPSA) is 55.8 Å². The first-order valence-electron chi connectivity index (χ1n) is 9.37. The molecule has 2 aromatic carbocycles. The van der Waals surface area contributed by atoms with Crippen molar-refractivity contribution in [2.45, 2.75) is 38.1 Å². The molecule has 0 radical (unpaired) electrons. The van der Waals surface area contributed by atoms with Gasteiger partial charge in [0.25, 0.3) is 5.91 Å². The zero-order valence-corrected chi connectivity index (χ0v) is 15.6. The maximum Gasteiger partial charge on any atom is 0.338 e. The molecule has 1 aliphatic rings. The number of nitrogens with zero attached hydrogens (tertiary/aromatic N) is 1. The summed E-state index contributed by atoms with van der Waals surface area (Å²) in [4.78, 5) is 27.0. The minimum atomic E-state index is -0.511. The van der Waals surface area contributed by atoms with Crippen LogP contribution in [-0.2, 0) is 9.53 Å². The van der Waals surface area contributed by atoms with E-state index >= 15 is 0 Å². The highest BCUT2D eigenvalue weighted by molar-refractivity contribution is 5.97. The Morgan fingerprint density at radius 2 is 1.63 bits per heavy atom. The summed E-state index contributed by atoms with van der Waals surface area (Å²) in [7, 11) is 1.56. The summed E-state index contributed by atoms with van der Waals surface area (Å²) in [6.45, 7) is -0.268. The molecule has 0 saturated heterocycles. The average Bonchev–Trinajstić information content (AvgIpc) is 2.74. The van der Waals surface area contributed by atoms with Crippen LogP contribution in [0.25, 0.3) is 0 Å². The molecule has 3 rings (SSSR count). The van der Waals surface area contributed by atoms with Crippen molar-refractivity contribution >= 4 is 17.6 Å². The van der Waals surface area contributed by atoms with Gasteiger partial charge < -0.3 is 14.4 Å². The molecule has 27 heavy (non-hydrogen) atoms. The van der Waals surface area contributed by atoms with E-state index in [4.69, 9.17) is 9.47 Å². The second kappa shape index (κ2) is 9.21. The van der Waals surface area contributed by atoms with Gasteiger partial charge in [-0.25, -0.2) is 4.79 Å². The highest BCUT2D eigenvalue weighted by atomic mass is 16.5. The molecule has 0 aromatic heterocycles. The number of hydrogen-bond donors (Lipinski definition) is 0. The lowest BCUT2D eigenvalue weighted by molar-refractivity contribution is -0.122. The molecule has 142 valence electrons. The Labute approximate surface area is 159 Å². The average molecular weight is 367 g/mol. The molecule has 1 aliphatic carbocycles. The van der Waals surface area contributed by atoms with Gasteiger partial charge in [-0.3, -0.25) is 4.79 Å². The third-order valence-electron chi connectivity index (χ3n) is 4.90. The molecule has 5 nitrogen and oxygen atoms in total. The second-order valence-corrected chi connectivity index (χ2v) is 6.70. The molecule has 0 heterocycles. The van der Waals surface area contributed by atoms with Crippen molar-refractivity contribution in [1.82, 2.24) is 0 Å². The lowest BCUT2D eigenvalue weighted by Crippen LogP contribution is -2.43. The fourth-order valence-electron chi connectivity index (χ4n) is 3.49. The maximum atomic E-state index is 12.9. The second-order valence-electron chi connectivity index (χ2n) is 6.70. The number of benzene rings is 2. The first-order valence-corrected chi connectivity index (χ1v) is 9.37. The number of anilines is 1. The molecule has 0 spiro atoms. The molecule has 0 aliphatic heterocycles. The van der Waals surface area contributed by atoms with Crippen LogP contribution in [0.4, 0.5) is 5.69 Å². The summed E-state index contributed by atoms with van der Waals surface area (Å²) in [6.07, 6.45) is 5.40. The van der Waals surface area contributed by atoms with Crippen LogP contribution in [0, 0.1) is 0 Å². The minimum absolute atomic E-state index is 0.160. The molecule has 1 amide bonds. The van der Waals surface area contributed by atoms with E-state index in [9.17, 15) is 9.59 Å². The van der Waals surface area contributed by atoms with E-state index in [2.05, 4.69) is 0 Å². The monoisotopic (exact) mass is 367 g/mol. The van der Waals surface area contributed by atoms with E-state index in [0.29, 0.717) is 11.3 Å². The lowest BCUT2D eigenvalue weighted by atomic mass is 9.93. The molecule has 0 atom stereocenters. The van der Waals surface area contributed by atoms with E-state index in [1.807, 2.05) is 30.3 Å². The van der Waals surface area contributed by atoms with Crippen molar-refractivity contribution in [3.8, 4) is 5.75 Å². The minimum Gasteiger partial charge on any atom is -0.497 e. The van der Waals surface area contributed by atoms with Crippen molar-refractivity contribution in [2.24, 2.45) is 0 Å². The molecular formula is C22H25NO4. The van der Waals surface area contributed by atoms with E-state index in [1.165, 1.54) is 6.42 Å². The van der Waals surface area contributed by atoms with Crippen LogP contribution in [0.15, 0.2) is 54.6 Å². The fourth-order valence-corrected chi connectivity index (χ4v) is 3.49. The molecule has 2 aromatic rings. The fraction of sp³-hybridized carbons (Fsp3) is 0.364. The molecule has 1 saturated carbocycles. The zero-order valence-electron chi connectivity index (χ0n) is 15.6. The normalized spacial score (nSPS) is 14.4. The van der Waals surface area contributed by atoms with E-state index in [1.54, 1.807) is 36.3 Å². The number of ether oxygens (including phenoxy) is 2. The first-order chi connectivity index (χ1) is 13.2. The van der Waals surface area contributed by atoms with Gasteiger partial charge in [-0.2, -0.15) is 0 Å². The van der Waals surface area contributed by atoms with Crippen LogP contribution in [-0.4, -0.2) is 31.6 Å². The van der Waals surface area contributed by atoms with Crippen molar-refractivity contribution in [2.75, 3.05) is 18.6 Å². The number of carbonyl (C=O) groups excluding carboxylic acids is 2. The van der Waals surface area contributed by atoms with Gasteiger partial charge in [0.05, 0.1) is 12.7 Å². The molecule has 1 fully saturated rings. The number of amides is 1. The highest BCUT2D eigenvalue weighted by Crippen LogP contribution is 2.27. The predicted molar refractivity (Wildman–Crippen MR) is 104 cm³/mol. The molecular weight excluding hydrogens is 342 g/mol. The molecule has 0 N–H and O–H groups in total. The van der Waals surface area contributed by atoms with Crippen LogP contribution >= 0.6 is 0 Å². The van der Waals surface area contributed by atoms with Crippen molar-refractivity contribution < 1.29 is 19.1 Å². The SMILES string of the molecule is COc1ccc(C(=O)OCC(=O)N(c2ccccc2)C2CCCCC2)cc1. The molecule has 5 heteroatoms. The van der Waals surface area contributed by atoms with Gasteiger partial charge in [0.1, 0.15) is 5.75 Å². The Bertz CT molecular complexity index is 752. The van der Waals surface area contributed by atoms with E-state index in [0.717, 1.165) is 31.4 Å². The van der Waals surface area contributed by atoms with Crippen molar-refractivity contribution in [1.29, 1.82) is 0 Å². The third-order valence-corrected chi connectivity index (χ3v) is 4.90. The van der Waals surface area contributed by atoms with Gasteiger partial charge in [-0.15, -0.1) is 0 Å². The van der Waals surface area contributed by atoms with Gasteiger partial charge in [0.15, 0.2) is 6.61 Å². The summed E-state index contributed by atoms with van der Waals surface area (Å²) < 4.78 is 10.4. The van der Waals surface area contributed by atoms with Crippen LogP contribution in [0.5, 0.6) is 5.75 Å². The number of rotatable bonds is 6. The Kier molecular flexibility index (Phi) is 6.47. The third kappa shape index (κ3) is 4.88. The van der Waals surface area contributed by atoms with Gasteiger partial charge in [-0.05, 0) is 49.2 Å². The van der Waals surface area contributed by atoms with Crippen LogP contribution < -0.4 is 9.64 Å². The van der Waals surface area contributed by atoms with Crippen LogP contribution in [0.1, 0.15) is 42.5 Å². The lowest BCUT2D eigenvalue weighted by Gasteiger charge is -2.34. The van der Waals surface area contributed by atoms with Gasteiger partial charge in [0, 0.05) is 11.7 Å². The number of carbonyl (C=O) groups is 2. The van der Waals surface area contributed by atoms with Gasteiger partial charge in [0.2, 0.25) is 0 Å². The van der Waals surface area contributed by atoms with Crippen LogP contribution in [0.3, 0.4) is 0 Å². The van der Waals surface area contributed by atoms with Gasteiger partial charge in [-0.1, -0.05) is 37.5 Å². The van der Waals surface area contributed by atoms with Gasteiger partial charge >= 0.3 is 5.97 Å². The highest BCUT2D eigenvalue weighted by Gasteiger charge is 2.27.